The minimum atomic E-state index is -2.91. The Balaban J connectivity index is 1.99. The molecule has 1 aliphatic heterocycles. The molecule has 1 saturated heterocycles. The van der Waals surface area contributed by atoms with Crippen molar-refractivity contribution in [2.24, 2.45) is 0 Å². The molecule has 0 aromatic carbocycles. The summed E-state index contributed by atoms with van der Waals surface area (Å²) in [6, 6.07) is -0.0775. The van der Waals surface area contributed by atoms with E-state index in [1.807, 2.05) is 0 Å². The molecule has 2 fully saturated rings. The van der Waals surface area contributed by atoms with Crippen molar-refractivity contribution in [3.8, 4) is 0 Å². The molecule has 112 valence electrons. The van der Waals surface area contributed by atoms with Crippen LogP contribution in [0.3, 0.4) is 0 Å². The molecule has 1 unspecified atom stereocenters. The highest BCUT2D eigenvalue weighted by atomic mass is 32.2. The zero-order chi connectivity index (χ0) is 14.5. The monoisotopic (exact) mass is 297 g/mol. The van der Waals surface area contributed by atoms with Crippen LogP contribution in [-0.2, 0) is 9.84 Å². The van der Waals surface area contributed by atoms with Gasteiger partial charge in [0.2, 0.25) is 0 Å². The fourth-order valence-corrected chi connectivity index (χ4v) is 4.99. The predicted octanol–water partition coefficient (Wildman–Crippen LogP) is 2.22. The second-order valence-electron chi connectivity index (χ2n) is 6.47. The Morgan fingerprint density at radius 1 is 1.30 bits per heavy atom. The van der Waals surface area contributed by atoms with Gasteiger partial charge in [-0.05, 0) is 25.2 Å². The number of nitrogen functional groups attached to an aromatic ring is 1. The maximum absolute atomic E-state index is 11.7. The smallest absolute Gasteiger partial charge is 0.152 e. The van der Waals surface area contributed by atoms with Gasteiger partial charge in [-0.1, -0.05) is 20.3 Å². The van der Waals surface area contributed by atoms with Crippen LogP contribution in [0, 0.1) is 0 Å². The number of nitrogens with two attached hydrogens (primary N) is 1. The van der Waals surface area contributed by atoms with Crippen molar-refractivity contribution in [1.82, 2.24) is 9.78 Å². The van der Waals surface area contributed by atoms with E-state index in [4.69, 9.17) is 10.8 Å². The fraction of sp³-hybridized carbons (Fsp3) is 0.786. The molecule has 5 nitrogen and oxygen atoms in total. The predicted molar refractivity (Wildman–Crippen MR) is 79.6 cm³/mol. The largest absolute Gasteiger partial charge is 0.384 e. The molecular formula is C14H23N3O2S. The minimum absolute atomic E-state index is 0.0775. The van der Waals surface area contributed by atoms with Crippen LogP contribution in [0.4, 0.5) is 5.82 Å². The lowest BCUT2D eigenvalue weighted by Crippen LogP contribution is -2.16. The van der Waals surface area contributed by atoms with Crippen molar-refractivity contribution in [3.63, 3.8) is 0 Å². The number of hydrogen-bond donors (Lipinski definition) is 1. The summed E-state index contributed by atoms with van der Waals surface area (Å²) >= 11 is 0. The molecule has 2 heterocycles. The molecule has 1 aromatic heterocycles. The molecule has 1 aliphatic carbocycles. The van der Waals surface area contributed by atoms with E-state index in [1.54, 1.807) is 4.68 Å². The Morgan fingerprint density at radius 3 is 2.45 bits per heavy atom. The summed E-state index contributed by atoms with van der Waals surface area (Å²) in [6.45, 7) is 4.26. The summed E-state index contributed by atoms with van der Waals surface area (Å²) in [5.41, 5.74) is 8.55. The maximum Gasteiger partial charge on any atom is 0.152 e. The summed E-state index contributed by atoms with van der Waals surface area (Å²) in [5, 5.41) is 4.73. The number of hydrogen-bond acceptors (Lipinski definition) is 4. The van der Waals surface area contributed by atoms with Crippen molar-refractivity contribution in [1.29, 1.82) is 0 Å². The summed E-state index contributed by atoms with van der Waals surface area (Å²) in [7, 11) is -2.91. The third-order valence-electron chi connectivity index (χ3n) is 4.64. The Bertz CT molecular complexity index is 615. The Labute approximate surface area is 120 Å². The Kier molecular flexibility index (Phi) is 3.31. The molecule has 1 aromatic rings. The van der Waals surface area contributed by atoms with Crippen molar-refractivity contribution in [2.45, 2.75) is 57.4 Å². The highest BCUT2D eigenvalue weighted by molar-refractivity contribution is 7.91. The lowest BCUT2D eigenvalue weighted by molar-refractivity contribution is 0.398. The van der Waals surface area contributed by atoms with E-state index in [-0.39, 0.29) is 17.5 Å². The highest BCUT2D eigenvalue weighted by Gasteiger charge is 2.35. The van der Waals surface area contributed by atoms with Crippen molar-refractivity contribution < 1.29 is 8.42 Å². The van der Waals surface area contributed by atoms with E-state index in [0.29, 0.717) is 24.1 Å². The molecule has 0 radical (unpaired) electrons. The van der Waals surface area contributed by atoms with E-state index in [0.717, 1.165) is 11.3 Å². The number of anilines is 1. The number of nitrogens with zero attached hydrogens (tertiary/aromatic N) is 2. The highest BCUT2D eigenvalue weighted by Crippen LogP contribution is 2.42. The lowest BCUT2D eigenvalue weighted by Gasteiger charge is -2.25. The quantitative estimate of drug-likeness (QED) is 0.928. The topological polar surface area (TPSA) is 78.0 Å². The molecule has 0 amide bonds. The minimum Gasteiger partial charge on any atom is -0.384 e. The fourth-order valence-electron chi connectivity index (χ4n) is 3.30. The first-order valence-electron chi connectivity index (χ1n) is 7.47. The zero-order valence-electron chi connectivity index (χ0n) is 12.2. The van der Waals surface area contributed by atoms with Crippen molar-refractivity contribution in [2.75, 3.05) is 17.2 Å². The molecule has 3 rings (SSSR count). The second-order valence-corrected chi connectivity index (χ2v) is 8.70. The van der Waals surface area contributed by atoms with Gasteiger partial charge in [0.05, 0.1) is 23.2 Å². The number of aromatic nitrogens is 2. The van der Waals surface area contributed by atoms with Crippen LogP contribution in [0.25, 0.3) is 0 Å². The first-order chi connectivity index (χ1) is 9.39. The van der Waals surface area contributed by atoms with Crippen LogP contribution in [0.1, 0.15) is 68.7 Å². The zero-order valence-corrected chi connectivity index (χ0v) is 13.0. The van der Waals surface area contributed by atoms with Gasteiger partial charge in [0, 0.05) is 11.5 Å². The van der Waals surface area contributed by atoms with Crippen LogP contribution in [-0.4, -0.2) is 29.7 Å². The van der Waals surface area contributed by atoms with E-state index < -0.39 is 9.84 Å². The van der Waals surface area contributed by atoms with E-state index in [2.05, 4.69) is 13.8 Å². The van der Waals surface area contributed by atoms with Crippen molar-refractivity contribution in [3.05, 3.63) is 11.3 Å². The molecule has 0 bridgehead atoms. The molecule has 6 heteroatoms. The standard InChI is InChI=1S/C14H23N3O2S/c1-9(2)12-13(10-4-3-5-10)16-17(14(12)15)11-6-7-20(18,19)8-11/h9-11H,3-8,15H2,1-2H3. The van der Waals surface area contributed by atoms with Gasteiger partial charge in [0.15, 0.2) is 9.84 Å². The van der Waals surface area contributed by atoms with Gasteiger partial charge in [-0.3, -0.25) is 0 Å². The van der Waals surface area contributed by atoms with Crippen LogP contribution in [0.5, 0.6) is 0 Å². The molecule has 0 spiro atoms. The van der Waals surface area contributed by atoms with Gasteiger partial charge < -0.3 is 5.73 Å². The molecule has 20 heavy (non-hydrogen) atoms. The Morgan fingerprint density at radius 2 is 2.00 bits per heavy atom. The Hall–Kier alpha value is -1.04. The van der Waals surface area contributed by atoms with E-state index in [1.165, 1.54) is 19.3 Å². The summed E-state index contributed by atoms with van der Waals surface area (Å²) in [4.78, 5) is 0. The van der Waals surface area contributed by atoms with Crippen LogP contribution in [0.2, 0.25) is 0 Å². The number of sulfone groups is 1. The van der Waals surface area contributed by atoms with Gasteiger partial charge in [0.25, 0.3) is 0 Å². The van der Waals surface area contributed by atoms with Gasteiger partial charge in [-0.25, -0.2) is 13.1 Å². The van der Waals surface area contributed by atoms with Crippen LogP contribution in [0.15, 0.2) is 0 Å². The average molecular weight is 297 g/mol. The van der Waals surface area contributed by atoms with Gasteiger partial charge in [-0.2, -0.15) is 5.10 Å². The number of rotatable bonds is 3. The molecular weight excluding hydrogens is 274 g/mol. The van der Waals surface area contributed by atoms with Gasteiger partial charge in [-0.15, -0.1) is 0 Å². The first-order valence-corrected chi connectivity index (χ1v) is 9.29. The molecule has 2 aliphatic rings. The second kappa shape index (κ2) is 4.76. The lowest BCUT2D eigenvalue weighted by atomic mass is 9.80. The van der Waals surface area contributed by atoms with Crippen LogP contribution >= 0.6 is 0 Å². The maximum atomic E-state index is 11.7. The third kappa shape index (κ3) is 2.24. The summed E-state index contributed by atoms with van der Waals surface area (Å²) in [5.74, 6) is 1.98. The van der Waals surface area contributed by atoms with Crippen molar-refractivity contribution >= 4 is 15.7 Å². The SMILES string of the molecule is CC(C)c1c(C2CCC2)nn(C2CCS(=O)(=O)C2)c1N. The normalized spacial score (nSPS) is 26.1. The molecule has 1 atom stereocenters. The van der Waals surface area contributed by atoms with E-state index >= 15 is 0 Å². The average Bonchev–Trinajstić information content (AvgIpc) is 2.77. The molecule has 2 N–H and O–H groups in total. The summed E-state index contributed by atoms with van der Waals surface area (Å²) in [6.07, 6.45) is 4.25. The van der Waals surface area contributed by atoms with Gasteiger partial charge in [0.1, 0.15) is 5.82 Å². The third-order valence-corrected chi connectivity index (χ3v) is 6.39. The first kappa shape index (κ1) is 13.9. The summed E-state index contributed by atoms with van der Waals surface area (Å²) < 4.78 is 25.1. The van der Waals surface area contributed by atoms with Crippen LogP contribution < -0.4 is 5.73 Å². The van der Waals surface area contributed by atoms with Gasteiger partial charge >= 0.3 is 0 Å². The molecule has 1 saturated carbocycles. The van der Waals surface area contributed by atoms with E-state index in [9.17, 15) is 8.42 Å².